The van der Waals surface area contributed by atoms with Crippen molar-refractivity contribution in [3.63, 3.8) is 0 Å². The lowest BCUT2D eigenvalue weighted by Gasteiger charge is -2.09. The van der Waals surface area contributed by atoms with Crippen LogP contribution in [0, 0.1) is 6.92 Å². The van der Waals surface area contributed by atoms with Crippen molar-refractivity contribution in [3.05, 3.63) is 52.0 Å². The molecule has 2 aromatic carbocycles. The third kappa shape index (κ3) is 3.05. The van der Waals surface area contributed by atoms with Gasteiger partial charge in [-0.1, -0.05) is 23.2 Å². The zero-order chi connectivity index (χ0) is 12.4. The van der Waals surface area contributed by atoms with Gasteiger partial charge in [-0.2, -0.15) is 0 Å². The molecule has 0 spiro atoms. The second-order valence-electron chi connectivity index (χ2n) is 3.89. The first-order chi connectivity index (χ1) is 8.04. The van der Waals surface area contributed by atoms with Crippen LogP contribution in [-0.4, -0.2) is 0 Å². The molecule has 3 N–H and O–H groups in total. The van der Waals surface area contributed by atoms with Crippen molar-refractivity contribution in [2.24, 2.45) is 0 Å². The second kappa shape index (κ2) is 4.86. The van der Waals surface area contributed by atoms with Gasteiger partial charge in [0.15, 0.2) is 0 Å². The zero-order valence-corrected chi connectivity index (χ0v) is 10.8. The second-order valence-corrected chi connectivity index (χ2v) is 4.70. The Bertz CT molecular complexity index is 533. The lowest BCUT2D eigenvalue weighted by molar-refractivity contribution is 1.45. The standard InChI is InChI=1S/C13H12Cl2N2/c1-8-4-9(16)6-11(5-8)17-10-2-3-12(14)13(15)7-10/h2-7,17H,16H2,1H3. The summed E-state index contributed by atoms with van der Waals surface area (Å²) >= 11 is 11.8. The summed E-state index contributed by atoms with van der Waals surface area (Å²) in [5.74, 6) is 0. The maximum atomic E-state index is 5.95. The third-order valence-corrected chi connectivity index (χ3v) is 3.05. The molecule has 0 aliphatic carbocycles. The number of aryl methyl sites for hydroxylation is 1. The fraction of sp³-hybridized carbons (Fsp3) is 0.0769. The molecule has 0 unspecified atom stereocenters. The molecule has 88 valence electrons. The average molecular weight is 267 g/mol. The molecule has 0 saturated heterocycles. The molecule has 17 heavy (non-hydrogen) atoms. The minimum Gasteiger partial charge on any atom is -0.399 e. The number of nitrogen functional groups attached to an aromatic ring is 1. The quantitative estimate of drug-likeness (QED) is 0.778. The summed E-state index contributed by atoms with van der Waals surface area (Å²) < 4.78 is 0. The average Bonchev–Trinajstić information content (AvgIpc) is 2.22. The van der Waals surface area contributed by atoms with Crippen LogP contribution in [0.5, 0.6) is 0 Å². The highest BCUT2D eigenvalue weighted by atomic mass is 35.5. The van der Waals surface area contributed by atoms with Gasteiger partial charge < -0.3 is 11.1 Å². The van der Waals surface area contributed by atoms with E-state index in [-0.39, 0.29) is 0 Å². The summed E-state index contributed by atoms with van der Waals surface area (Å²) in [4.78, 5) is 0. The highest BCUT2D eigenvalue weighted by Gasteiger charge is 2.01. The molecule has 0 saturated carbocycles. The lowest BCUT2D eigenvalue weighted by Crippen LogP contribution is -1.93. The molecule has 0 amide bonds. The Labute approximate surface area is 110 Å². The first-order valence-corrected chi connectivity index (χ1v) is 5.89. The van der Waals surface area contributed by atoms with E-state index >= 15 is 0 Å². The molecule has 2 rings (SSSR count). The largest absolute Gasteiger partial charge is 0.399 e. The maximum Gasteiger partial charge on any atom is 0.0612 e. The van der Waals surface area contributed by atoms with Crippen molar-refractivity contribution in [1.82, 2.24) is 0 Å². The van der Waals surface area contributed by atoms with Crippen LogP contribution in [0.1, 0.15) is 5.56 Å². The fourth-order valence-corrected chi connectivity index (χ4v) is 1.92. The van der Waals surface area contributed by atoms with Gasteiger partial charge in [-0.15, -0.1) is 0 Å². The predicted octanol–water partition coefficient (Wildman–Crippen LogP) is 4.63. The molecule has 0 aliphatic rings. The number of halogens is 2. The van der Waals surface area contributed by atoms with Crippen molar-refractivity contribution in [1.29, 1.82) is 0 Å². The van der Waals surface area contributed by atoms with Gasteiger partial charge in [0.25, 0.3) is 0 Å². The van der Waals surface area contributed by atoms with Crippen LogP contribution >= 0.6 is 23.2 Å². The van der Waals surface area contributed by atoms with E-state index in [4.69, 9.17) is 28.9 Å². The summed E-state index contributed by atoms with van der Waals surface area (Å²) in [5, 5.41) is 4.30. The van der Waals surface area contributed by atoms with Crippen molar-refractivity contribution in [2.45, 2.75) is 6.92 Å². The van der Waals surface area contributed by atoms with Crippen LogP contribution in [0.3, 0.4) is 0 Å². The summed E-state index contributed by atoms with van der Waals surface area (Å²) in [7, 11) is 0. The first-order valence-electron chi connectivity index (χ1n) is 5.14. The molecular formula is C13H12Cl2N2. The highest BCUT2D eigenvalue weighted by molar-refractivity contribution is 6.42. The van der Waals surface area contributed by atoms with E-state index in [9.17, 15) is 0 Å². The molecule has 0 aromatic heterocycles. The molecule has 4 heteroatoms. The monoisotopic (exact) mass is 266 g/mol. The first kappa shape index (κ1) is 12.1. The van der Waals surface area contributed by atoms with Crippen LogP contribution in [0.4, 0.5) is 17.1 Å². The van der Waals surface area contributed by atoms with Gasteiger partial charge in [0.1, 0.15) is 0 Å². The van der Waals surface area contributed by atoms with E-state index in [0.29, 0.717) is 10.0 Å². The van der Waals surface area contributed by atoms with Crippen LogP contribution in [-0.2, 0) is 0 Å². The Morgan fingerprint density at radius 1 is 0.941 bits per heavy atom. The van der Waals surface area contributed by atoms with E-state index in [0.717, 1.165) is 22.6 Å². The lowest BCUT2D eigenvalue weighted by atomic mass is 10.2. The number of benzene rings is 2. The Kier molecular flexibility index (Phi) is 3.46. The number of anilines is 3. The maximum absolute atomic E-state index is 5.95. The molecule has 0 fully saturated rings. The number of nitrogens with two attached hydrogens (primary N) is 1. The molecule has 0 bridgehead atoms. The van der Waals surface area contributed by atoms with Crippen LogP contribution in [0.2, 0.25) is 10.0 Å². The molecular weight excluding hydrogens is 255 g/mol. The van der Waals surface area contributed by atoms with Crippen molar-refractivity contribution < 1.29 is 0 Å². The van der Waals surface area contributed by atoms with Gasteiger partial charge in [0.2, 0.25) is 0 Å². The Hall–Kier alpha value is -1.38. The molecule has 0 heterocycles. The normalized spacial score (nSPS) is 10.3. The molecule has 0 aliphatic heterocycles. The minimum absolute atomic E-state index is 0.525. The van der Waals surface area contributed by atoms with Gasteiger partial charge in [-0.05, 0) is 48.9 Å². The van der Waals surface area contributed by atoms with Crippen molar-refractivity contribution in [3.8, 4) is 0 Å². The number of rotatable bonds is 2. The number of hydrogen-bond acceptors (Lipinski definition) is 2. The molecule has 2 nitrogen and oxygen atoms in total. The highest BCUT2D eigenvalue weighted by Crippen LogP contribution is 2.27. The van der Waals surface area contributed by atoms with Gasteiger partial charge in [0.05, 0.1) is 10.0 Å². The summed E-state index contributed by atoms with van der Waals surface area (Å²) in [6.07, 6.45) is 0. The van der Waals surface area contributed by atoms with E-state index in [1.165, 1.54) is 0 Å². The number of hydrogen-bond donors (Lipinski definition) is 2. The summed E-state index contributed by atoms with van der Waals surface area (Å²) in [6.45, 7) is 2.00. The van der Waals surface area contributed by atoms with Crippen LogP contribution in [0.15, 0.2) is 36.4 Å². The van der Waals surface area contributed by atoms with E-state index in [2.05, 4.69) is 5.32 Å². The predicted molar refractivity (Wildman–Crippen MR) is 75.3 cm³/mol. The van der Waals surface area contributed by atoms with Gasteiger partial charge >= 0.3 is 0 Å². The summed E-state index contributed by atoms with van der Waals surface area (Å²) in [5.41, 5.74) is 9.42. The topological polar surface area (TPSA) is 38.0 Å². The van der Waals surface area contributed by atoms with Crippen LogP contribution < -0.4 is 11.1 Å². The van der Waals surface area contributed by atoms with Crippen LogP contribution in [0.25, 0.3) is 0 Å². The van der Waals surface area contributed by atoms with E-state index in [1.807, 2.05) is 31.2 Å². The Balaban J connectivity index is 2.28. The van der Waals surface area contributed by atoms with E-state index < -0.39 is 0 Å². The van der Waals surface area contributed by atoms with E-state index in [1.54, 1.807) is 12.1 Å². The smallest absolute Gasteiger partial charge is 0.0612 e. The number of nitrogens with one attached hydrogen (secondary N) is 1. The van der Waals surface area contributed by atoms with Gasteiger partial charge in [0, 0.05) is 17.1 Å². The summed E-state index contributed by atoms with van der Waals surface area (Å²) in [6, 6.07) is 11.2. The Morgan fingerprint density at radius 3 is 2.35 bits per heavy atom. The third-order valence-electron chi connectivity index (χ3n) is 2.31. The zero-order valence-electron chi connectivity index (χ0n) is 9.30. The molecule has 2 aromatic rings. The molecule has 0 atom stereocenters. The van der Waals surface area contributed by atoms with Crippen molar-refractivity contribution >= 4 is 40.3 Å². The Morgan fingerprint density at radius 2 is 1.71 bits per heavy atom. The minimum atomic E-state index is 0.525. The van der Waals surface area contributed by atoms with Gasteiger partial charge in [-0.25, -0.2) is 0 Å². The SMILES string of the molecule is Cc1cc(N)cc(Nc2ccc(Cl)c(Cl)c2)c1. The fourth-order valence-electron chi connectivity index (χ4n) is 1.63. The molecule has 0 radical (unpaired) electrons. The van der Waals surface area contributed by atoms with Gasteiger partial charge in [-0.3, -0.25) is 0 Å². The van der Waals surface area contributed by atoms with Crippen molar-refractivity contribution in [2.75, 3.05) is 11.1 Å².